The van der Waals surface area contributed by atoms with Crippen molar-refractivity contribution in [1.82, 2.24) is 10.3 Å². The van der Waals surface area contributed by atoms with E-state index in [0.717, 1.165) is 11.3 Å². The van der Waals surface area contributed by atoms with Crippen LogP contribution in [0.1, 0.15) is 40.5 Å². The van der Waals surface area contributed by atoms with Crippen LogP contribution in [0.5, 0.6) is 0 Å². The third-order valence-electron chi connectivity index (χ3n) is 2.96. The lowest BCUT2D eigenvalue weighted by Gasteiger charge is -2.12. The Kier molecular flexibility index (Phi) is 3.97. The van der Waals surface area contributed by atoms with Crippen LogP contribution in [0.2, 0.25) is 0 Å². The first-order valence-electron chi connectivity index (χ1n) is 6.05. The summed E-state index contributed by atoms with van der Waals surface area (Å²) in [7, 11) is 0. The van der Waals surface area contributed by atoms with Crippen LogP contribution in [0.3, 0.4) is 0 Å². The number of rotatable bonds is 5. The number of hydrogen-bond acceptors (Lipinski definition) is 4. The number of pyridine rings is 1. The van der Waals surface area contributed by atoms with E-state index in [2.05, 4.69) is 10.3 Å². The van der Waals surface area contributed by atoms with Gasteiger partial charge in [0.25, 0.3) is 0 Å². The van der Waals surface area contributed by atoms with E-state index in [0.29, 0.717) is 12.3 Å². The molecule has 0 fully saturated rings. The molecule has 0 saturated carbocycles. The summed E-state index contributed by atoms with van der Waals surface area (Å²) in [6.07, 6.45) is 1.75. The Hall–Kier alpha value is -2.14. The smallest absolute Gasteiger partial charge is 0.371 e. The molecule has 2 N–H and O–H groups in total. The summed E-state index contributed by atoms with van der Waals surface area (Å²) in [5, 5.41) is 12.1. The van der Waals surface area contributed by atoms with Gasteiger partial charge in [0.15, 0.2) is 0 Å². The van der Waals surface area contributed by atoms with E-state index in [9.17, 15) is 4.79 Å². The second-order valence-electron chi connectivity index (χ2n) is 4.35. The number of furan rings is 1. The standard InChI is InChI=1S/C14H16N2O3/c1-9(12-5-3-4-6-15-12)16-8-11-7-13(14(17)18)19-10(11)2/h3-7,9,16H,8H2,1-2H3,(H,17,18)/t9-/m1/s1. The maximum absolute atomic E-state index is 10.8. The van der Waals surface area contributed by atoms with Gasteiger partial charge in [0, 0.05) is 24.3 Å². The van der Waals surface area contributed by atoms with E-state index in [-0.39, 0.29) is 11.8 Å². The number of aromatic nitrogens is 1. The Balaban J connectivity index is 2.01. The van der Waals surface area contributed by atoms with E-state index in [4.69, 9.17) is 9.52 Å². The van der Waals surface area contributed by atoms with Gasteiger partial charge in [0.05, 0.1) is 5.69 Å². The molecule has 1 atom stereocenters. The van der Waals surface area contributed by atoms with Gasteiger partial charge in [-0.3, -0.25) is 4.98 Å². The highest BCUT2D eigenvalue weighted by Gasteiger charge is 2.14. The number of carboxylic acid groups (broad SMARTS) is 1. The molecular formula is C14H16N2O3. The summed E-state index contributed by atoms with van der Waals surface area (Å²) in [5.41, 5.74) is 1.79. The van der Waals surface area contributed by atoms with Crippen molar-refractivity contribution in [1.29, 1.82) is 0 Å². The fourth-order valence-corrected chi connectivity index (χ4v) is 1.80. The maximum Gasteiger partial charge on any atom is 0.371 e. The molecular weight excluding hydrogens is 244 g/mol. The fourth-order valence-electron chi connectivity index (χ4n) is 1.80. The fraction of sp³-hybridized carbons (Fsp3) is 0.286. The lowest BCUT2D eigenvalue weighted by molar-refractivity contribution is 0.0661. The third-order valence-corrected chi connectivity index (χ3v) is 2.96. The zero-order chi connectivity index (χ0) is 13.8. The van der Waals surface area contributed by atoms with Gasteiger partial charge in [-0.15, -0.1) is 0 Å². The monoisotopic (exact) mass is 260 g/mol. The zero-order valence-electron chi connectivity index (χ0n) is 10.9. The number of nitrogens with one attached hydrogen (secondary N) is 1. The average Bonchev–Trinajstić information content (AvgIpc) is 2.79. The van der Waals surface area contributed by atoms with Crippen LogP contribution in [0.25, 0.3) is 0 Å². The summed E-state index contributed by atoms with van der Waals surface area (Å²) < 4.78 is 5.16. The minimum atomic E-state index is -1.05. The van der Waals surface area contributed by atoms with Crippen molar-refractivity contribution >= 4 is 5.97 Å². The van der Waals surface area contributed by atoms with Gasteiger partial charge < -0.3 is 14.8 Å². The van der Waals surface area contributed by atoms with Crippen LogP contribution in [0, 0.1) is 6.92 Å². The van der Waals surface area contributed by atoms with Crippen molar-refractivity contribution in [2.75, 3.05) is 0 Å². The quantitative estimate of drug-likeness (QED) is 0.864. The maximum atomic E-state index is 10.8. The Morgan fingerprint density at radius 2 is 2.32 bits per heavy atom. The van der Waals surface area contributed by atoms with Gasteiger partial charge in [-0.25, -0.2) is 4.79 Å². The average molecular weight is 260 g/mol. The van der Waals surface area contributed by atoms with Gasteiger partial charge >= 0.3 is 5.97 Å². The highest BCUT2D eigenvalue weighted by Crippen LogP contribution is 2.16. The Morgan fingerprint density at radius 3 is 2.89 bits per heavy atom. The van der Waals surface area contributed by atoms with E-state index in [1.165, 1.54) is 0 Å². The van der Waals surface area contributed by atoms with Gasteiger partial charge in [-0.1, -0.05) is 6.07 Å². The summed E-state index contributed by atoms with van der Waals surface area (Å²) in [6.45, 7) is 4.31. The summed E-state index contributed by atoms with van der Waals surface area (Å²) >= 11 is 0. The van der Waals surface area contributed by atoms with Crippen molar-refractivity contribution in [2.45, 2.75) is 26.4 Å². The predicted molar refractivity (Wildman–Crippen MR) is 69.9 cm³/mol. The van der Waals surface area contributed by atoms with Crippen molar-refractivity contribution < 1.29 is 14.3 Å². The lowest BCUT2D eigenvalue weighted by Crippen LogP contribution is -2.19. The van der Waals surface area contributed by atoms with Gasteiger partial charge in [-0.2, -0.15) is 0 Å². The van der Waals surface area contributed by atoms with Crippen molar-refractivity contribution in [3.05, 3.63) is 53.2 Å². The molecule has 2 aromatic rings. The molecule has 0 bridgehead atoms. The predicted octanol–water partition coefficient (Wildman–Crippen LogP) is 2.53. The summed E-state index contributed by atoms with van der Waals surface area (Å²) in [5.74, 6) is -0.454. The second-order valence-corrected chi connectivity index (χ2v) is 4.35. The van der Waals surface area contributed by atoms with Crippen molar-refractivity contribution in [2.24, 2.45) is 0 Å². The van der Waals surface area contributed by atoms with E-state index in [1.54, 1.807) is 19.2 Å². The molecule has 19 heavy (non-hydrogen) atoms. The van der Waals surface area contributed by atoms with Crippen LogP contribution in [0.4, 0.5) is 0 Å². The molecule has 0 aliphatic heterocycles. The van der Waals surface area contributed by atoms with E-state index >= 15 is 0 Å². The highest BCUT2D eigenvalue weighted by molar-refractivity contribution is 5.84. The molecule has 0 aliphatic carbocycles. The third kappa shape index (κ3) is 3.20. The molecule has 2 heterocycles. The van der Waals surface area contributed by atoms with Crippen molar-refractivity contribution in [3.8, 4) is 0 Å². The molecule has 0 aliphatic rings. The molecule has 0 radical (unpaired) electrons. The number of aromatic carboxylic acids is 1. The molecule has 0 saturated heterocycles. The molecule has 0 amide bonds. The van der Waals surface area contributed by atoms with Gasteiger partial charge in [-0.05, 0) is 32.0 Å². The van der Waals surface area contributed by atoms with Crippen LogP contribution in [-0.2, 0) is 6.54 Å². The van der Waals surface area contributed by atoms with Crippen LogP contribution < -0.4 is 5.32 Å². The Morgan fingerprint density at radius 1 is 1.53 bits per heavy atom. The second kappa shape index (κ2) is 5.67. The van der Waals surface area contributed by atoms with Crippen LogP contribution in [-0.4, -0.2) is 16.1 Å². The van der Waals surface area contributed by atoms with Crippen LogP contribution >= 0.6 is 0 Å². The molecule has 0 spiro atoms. The lowest BCUT2D eigenvalue weighted by atomic mass is 10.2. The van der Waals surface area contributed by atoms with Gasteiger partial charge in [0.1, 0.15) is 5.76 Å². The molecule has 2 aromatic heterocycles. The number of carboxylic acids is 1. The number of nitrogens with zero attached hydrogens (tertiary/aromatic N) is 1. The topological polar surface area (TPSA) is 75.4 Å². The molecule has 0 unspecified atom stereocenters. The first-order valence-corrected chi connectivity index (χ1v) is 6.05. The molecule has 100 valence electrons. The zero-order valence-corrected chi connectivity index (χ0v) is 10.9. The minimum absolute atomic E-state index is 0.0280. The van der Waals surface area contributed by atoms with E-state index in [1.807, 2.05) is 25.1 Å². The normalized spacial score (nSPS) is 12.3. The molecule has 0 aromatic carbocycles. The van der Waals surface area contributed by atoms with Crippen molar-refractivity contribution in [3.63, 3.8) is 0 Å². The number of aryl methyl sites for hydroxylation is 1. The minimum Gasteiger partial charge on any atom is -0.475 e. The Labute approximate surface area is 111 Å². The summed E-state index contributed by atoms with van der Waals surface area (Å²) in [6, 6.07) is 7.39. The SMILES string of the molecule is Cc1oc(C(=O)O)cc1CN[C@H](C)c1ccccn1. The Bertz CT molecular complexity index is 563. The highest BCUT2D eigenvalue weighted by atomic mass is 16.4. The van der Waals surface area contributed by atoms with Crippen LogP contribution in [0.15, 0.2) is 34.9 Å². The first-order chi connectivity index (χ1) is 9.08. The molecule has 5 heteroatoms. The number of hydrogen-bond donors (Lipinski definition) is 2. The summed E-state index contributed by atoms with van der Waals surface area (Å²) in [4.78, 5) is 15.1. The molecule has 5 nitrogen and oxygen atoms in total. The van der Waals surface area contributed by atoms with Gasteiger partial charge in [0.2, 0.25) is 5.76 Å². The number of carbonyl (C=O) groups is 1. The first kappa shape index (κ1) is 13.3. The largest absolute Gasteiger partial charge is 0.475 e. The molecule has 2 rings (SSSR count). The van der Waals surface area contributed by atoms with E-state index < -0.39 is 5.97 Å².